The van der Waals surface area contributed by atoms with E-state index in [1.54, 1.807) is 18.2 Å². The molecule has 7 heteroatoms. The van der Waals surface area contributed by atoms with E-state index in [2.05, 4.69) is 15.9 Å². The molecule has 2 aromatic carbocycles. The molecular weight excluding hydrogens is 400 g/mol. The molecule has 0 spiro atoms. The molecule has 0 bridgehead atoms. The summed E-state index contributed by atoms with van der Waals surface area (Å²) in [7, 11) is 0. The molecule has 0 saturated carbocycles. The topological polar surface area (TPSA) is 72.8 Å². The van der Waals surface area contributed by atoms with Gasteiger partial charge in [-0.15, -0.1) is 0 Å². The minimum absolute atomic E-state index is 0.0391. The third-order valence-corrected chi connectivity index (χ3v) is 4.25. The van der Waals surface area contributed by atoms with E-state index in [-0.39, 0.29) is 17.9 Å². The zero-order chi connectivity index (χ0) is 17.9. The number of hydrogen-bond donors (Lipinski definition) is 1. The lowest BCUT2D eigenvalue weighted by Crippen LogP contribution is -2.19. The molecule has 5 nitrogen and oxygen atoms in total. The van der Waals surface area contributed by atoms with Crippen LogP contribution in [0, 0.1) is 13.8 Å². The molecule has 0 radical (unpaired) electrons. The smallest absolute Gasteiger partial charge is 0.349 e. The first-order chi connectivity index (χ1) is 11.3. The molecule has 0 aromatic heterocycles. The maximum absolute atomic E-state index is 11.9. The number of rotatable bonds is 5. The average molecular weight is 414 g/mol. The fourth-order valence-corrected chi connectivity index (χ4v) is 2.51. The Kier molecular flexibility index (Phi) is 5.85. The van der Waals surface area contributed by atoms with Crippen molar-refractivity contribution in [2.75, 3.05) is 6.61 Å². The van der Waals surface area contributed by atoms with Crippen molar-refractivity contribution in [3.63, 3.8) is 0 Å². The van der Waals surface area contributed by atoms with Crippen molar-refractivity contribution < 1.29 is 24.2 Å². The quantitative estimate of drug-likeness (QED) is 0.581. The molecule has 2 rings (SSSR count). The first kappa shape index (κ1) is 18.3. The summed E-state index contributed by atoms with van der Waals surface area (Å²) in [6, 6.07) is 7.78. The third-order valence-electron chi connectivity index (χ3n) is 3.16. The van der Waals surface area contributed by atoms with Gasteiger partial charge in [0.2, 0.25) is 0 Å². The summed E-state index contributed by atoms with van der Waals surface area (Å²) in [6.45, 7) is 3.32. The molecule has 0 heterocycles. The third kappa shape index (κ3) is 4.49. The Hall–Kier alpha value is -2.05. The number of benzene rings is 2. The zero-order valence-electron chi connectivity index (χ0n) is 12.9. The van der Waals surface area contributed by atoms with Crippen LogP contribution in [0.25, 0.3) is 0 Å². The second-order valence-corrected chi connectivity index (χ2v) is 6.37. The van der Waals surface area contributed by atoms with Gasteiger partial charge in [0.05, 0.1) is 0 Å². The van der Waals surface area contributed by atoms with Crippen molar-refractivity contribution in [3.8, 4) is 11.5 Å². The fourth-order valence-electron chi connectivity index (χ4n) is 2.04. The van der Waals surface area contributed by atoms with Crippen molar-refractivity contribution in [1.29, 1.82) is 0 Å². The molecule has 24 heavy (non-hydrogen) atoms. The first-order valence-electron chi connectivity index (χ1n) is 6.91. The van der Waals surface area contributed by atoms with E-state index < -0.39 is 11.9 Å². The highest BCUT2D eigenvalue weighted by atomic mass is 79.9. The second-order valence-electron chi connectivity index (χ2n) is 5.08. The van der Waals surface area contributed by atoms with Crippen LogP contribution in [0.2, 0.25) is 5.02 Å². The molecule has 0 saturated heterocycles. The van der Waals surface area contributed by atoms with Crippen LogP contribution in [0.3, 0.4) is 0 Å². The SMILES string of the molecule is Cc1cc(OCC(=O)Oc2ccc(Br)cc2C(=O)O)cc(C)c1Cl. The number of aryl methyl sites for hydroxylation is 2. The van der Waals surface area contributed by atoms with Crippen molar-refractivity contribution in [3.05, 3.63) is 56.5 Å². The summed E-state index contributed by atoms with van der Waals surface area (Å²) in [4.78, 5) is 23.1. The fraction of sp³-hybridized carbons (Fsp3) is 0.176. The predicted octanol–water partition coefficient (Wildman–Crippen LogP) is 4.40. The van der Waals surface area contributed by atoms with Gasteiger partial charge in [-0.05, 0) is 55.3 Å². The van der Waals surface area contributed by atoms with E-state index in [4.69, 9.17) is 26.2 Å². The molecule has 2 aromatic rings. The van der Waals surface area contributed by atoms with Gasteiger partial charge in [-0.25, -0.2) is 9.59 Å². The number of hydrogen-bond acceptors (Lipinski definition) is 4. The van der Waals surface area contributed by atoms with Gasteiger partial charge in [0.15, 0.2) is 6.61 Å². The van der Waals surface area contributed by atoms with Crippen LogP contribution < -0.4 is 9.47 Å². The Morgan fingerprint density at radius 2 is 1.79 bits per heavy atom. The highest BCUT2D eigenvalue weighted by molar-refractivity contribution is 9.10. The summed E-state index contributed by atoms with van der Waals surface area (Å²) >= 11 is 9.25. The van der Waals surface area contributed by atoms with Crippen molar-refractivity contribution in [2.45, 2.75) is 13.8 Å². The number of esters is 1. The maximum Gasteiger partial charge on any atom is 0.349 e. The van der Waals surface area contributed by atoms with Crippen molar-refractivity contribution >= 4 is 39.5 Å². The monoisotopic (exact) mass is 412 g/mol. The molecule has 0 aliphatic heterocycles. The summed E-state index contributed by atoms with van der Waals surface area (Å²) in [5.41, 5.74) is 1.55. The maximum atomic E-state index is 11.9. The highest BCUT2D eigenvalue weighted by Crippen LogP contribution is 2.26. The van der Waals surface area contributed by atoms with Crippen LogP contribution >= 0.6 is 27.5 Å². The number of ether oxygens (including phenoxy) is 2. The predicted molar refractivity (Wildman–Crippen MR) is 93.2 cm³/mol. The zero-order valence-corrected chi connectivity index (χ0v) is 15.3. The molecular formula is C17H14BrClO5. The molecule has 0 fully saturated rings. The van der Waals surface area contributed by atoms with Gasteiger partial charge < -0.3 is 14.6 Å². The van der Waals surface area contributed by atoms with Crippen LogP contribution in [0.5, 0.6) is 11.5 Å². The van der Waals surface area contributed by atoms with Crippen molar-refractivity contribution in [1.82, 2.24) is 0 Å². The molecule has 0 aliphatic rings. The number of halogens is 2. The van der Waals surface area contributed by atoms with E-state index in [1.165, 1.54) is 12.1 Å². The van der Waals surface area contributed by atoms with E-state index in [0.29, 0.717) is 15.2 Å². The minimum atomic E-state index is -1.19. The Bertz CT molecular complexity index is 781. The summed E-state index contributed by atoms with van der Waals surface area (Å²) < 4.78 is 11.0. The highest BCUT2D eigenvalue weighted by Gasteiger charge is 2.16. The number of aromatic carboxylic acids is 1. The van der Waals surface area contributed by atoms with Gasteiger partial charge in [0.25, 0.3) is 0 Å². The minimum Gasteiger partial charge on any atom is -0.482 e. The largest absolute Gasteiger partial charge is 0.482 e. The Morgan fingerprint density at radius 1 is 1.17 bits per heavy atom. The van der Waals surface area contributed by atoms with Gasteiger partial charge >= 0.3 is 11.9 Å². The number of carbonyl (C=O) groups excluding carboxylic acids is 1. The molecule has 0 atom stereocenters. The summed E-state index contributed by atoms with van der Waals surface area (Å²) in [5.74, 6) is -1.45. The van der Waals surface area contributed by atoms with Gasteiger partial charge in [-0.3, -0.25) is 0 Å². The van der Waals surface area contributed by atoms with Gasteiger partial charge in [0, 0.05) is 9.50 Å². The standard InChI is InChI=1S/C17H14BrClO5/c1-9-5-12(6-10(2)16(9)19)23-8-15(20)24-14-4-3-11(18)7-13(14)17(21)22/h3-7H,8H2,1-2H3,(H,21,22). The van der Waals surface area contributed by atoms with E-state index in [9.17, 15) is 9.59 Å². The van der Waals surface area contributed by atoms with E-state index in [1.807, 2.05) is 13.8 Å². The lowest BCUT2D eigenvalue weighted by atomic mass is 10.1. The van der Waals surface area contributed by atoms with Gasteiger partial charge in [-0.1, -0.05) is 27.5 Å². The van der Waals surface area contributed by atoms with Gasteiger partial charge in [0.1, 0.15) is 17.1 Å². The molecule has 126 valence electrons. The molecule has 1 N–H and O–H groups in total. The summed E-state index contributed by atoms with van der Waals surface area (Å²) in [5, 5.41) is 9.79. The molecule has 0 aliphatic carbocycles. The Balaban J connectivity index is 2.06. The number of carbonyl (C=O) groups is 2. The number of carboxylic acid groups (broad SMARTS) is 1. The number of carboxylic acids is 1. The second kappa shape index (κ2) is 7.68. The van der Waals surface area contributed by atoms with E-state index >= 15 is 0 Å². The lowest BCUT2D eigenvalue weighted by Gasteiger charge is -2.11. The average Bonchev–Trinajstić information content (AvgIpc) is 2.52. The van der Waals surface area contributed by atoms with Crippen LogP contribution in [0.4, 0.5) is 0 Å². The van der Waals surface area contributed by atoms with Gasteiger partial charge in [-0.2, -0.15) is 0 Å². The summed E-state index contributed by atoms with van der Waals surface area (Å²) in [6.07, 6.45) is 0. The van der Waals surface area contributed by atoms with Crippen molar-refractivity contribution in [2.24, 2.45) is 0 Å². The first-order valence-corrected chi connectivity index (χ1v) is 8.08. The Labute approximate surface area is 152 Å². The van der Waals surface area contributed by atoms with Crippen LogP contribution in [0.15, 0.2) is 34.8 Å². The van der Waals surface area contributed by atoms with Crippen LogP contribution in [0.1, 0.15) is 21.5 Å². The van der Waals surface area contributed by atoms with Crippen LogP contribution in [-0.4, -0.2) is 23.7 Å². The lowest BCUT2D eigenvalue weighted by molar-refractivity contribution is -0.136. The van der Waals surface area contributed by atoms with Crippen LogP contribution in [-0.2, 0) is 4.79 Å². The normalized spacial score (nSPS) is 10.3. The van der Waals surface area contributed by atoms with E-state index in [0.717, 1.165) is 11.1 Å². The Morgan fingerprint density at radius 3 is 2.38 bits per heavy atom. The molecule has 0 unspecified atom stereocenters. The molecule has 0 amide bonds.